The van der Waals surface area contributed by atoms with Crippen LogP contribution in [0.25, 0.3) is 10.9 Å². The van der Waals surface area contributed by atoms with Gasteiger partial charge in [-0.15, -0.1) is 0 Å². The molecule has 0 spiro atoms. The van der Waals surface area contributed by atoms with E-state index in [1.54, 1.807) is 12.3 Å². The van der Waals surface area contributed by atoms with Gasteiger partial charge in [-0.3, -0.25) is 9.78 Å². The quantitative estimate of drug-likeness (QED) is 0.719. The van der Waals surface area contributed by atoms with E-state index in [1.165, 1.54) is 19.0 Å². The Morgan fingerprint density at radius 2 is 1.96 bits per heavy atom. The van der Waals surface area contributed by atoms with Crippen LogP contribution in [-0.4, -0.2) is 40.4 Å². The minimum absolute atomic E-state index is 0.348. The molecule has 3 aromatic rings. The van der Waals surface area contributed by atoms with E-state index >= 15 is 0 Å². The third-order valence-electron chi connectivity index (χ3n) is 4.94. The van der Waals surface area contributed by atoms with Crippen LogP contribution in [0.1, 0.15) is 28.9 Å². The van der Waals surface area contributed by atoms with Crippen molar-refractivity contribution >= 4 is 22.5 Å². The molecule has 2 N–H and O–H groups in total. The summed E-state index contributed by atoms with van der Waals surface area (Å²) in [4.78, 5) is 22.1. The number of anilines is 1. The predicted octanol–water partition coefficient (Wildman–Crippen LogP) is 3.73. The van der Waals surface area contributed by atoms with Gasteiger partial charge in [0.05, 0.1) is 16.8 Å². The molecule has 4 rings (SSSR count). The second kappa shape index (κ2) is 7.44. The summed E-state index contributed by atoms with van der Waals surface area (Å²) in [6.45, 7) is 3.28. The van der Waals surface area contributed by atoms with Crippen LogP contribution >= 0.6 is 0 Å². The Labute approximate surface area is 155 Å². The highest BCUT2D eigenvalue weighted by Gasteiger charge is 2.14. The molecule has 5 nitrogen and oxygen atoms in total. The van der Waals surface area contributed by atoms with Crippen molar-refractivity contribution in [2.45, 2.75) is 19.3 Å². The summed E-state index contributed by atoms with van der Waals surface area (Å²) < 4.78 is 26.8. The van der Waals surface area contributed by atoms with Gasteiger partial charge in [0.15, 0.2) is 11.6 Å². The number of halogens is 2. The fourth-order valence-electron chi connectivity index (χ4n) is 3.40. The minimum Gasteiger partial charge on any atom is -0.359 e. The highest BCUT2D eigenvalue weighted by atomic mass is 19.2. The van der Waals surface area contributed by atoms with Crippen LogP contribution in [0.5, 0.6) is 0 Å². The molecular formula is C20H20F2N4O. The normalized spacial score (nSPS) is 14.7. The van der Waals surface area contributed by atoms with Crippen LogP contribution in [-0.2, 0) is 6.42 Å². The number of amides is 1. The number of aromatic amines is 1. The monoisotopic (exact) mass is 370 g/mol. The number of fused-ring (bicyclic) bond motifs is 1. The second-order valence-corrected chi connectivity index (χ2v) is 6.81. The van der Waals surface area contributed by atoms with Gasteiger partial charge in [-0.05, 0) is 44.1 Å². The van der Waals surface area contributed by atoms with Gasteiger partial charge >= 0.3 is 0 Å². The van der Waals surface area contributed by atoms with Crippen molar-refractivity contribution in [3.63, 3.8) is 0 Å². The third-order valence-corrected chi connectivity index (χ3v) is 4.94. The lowest BCUT2D eigenvalue weighted by molar-refractivity contribution is 0.102. The van der Waals surface area contributed by atoms with E-state index in [-0.39, 0.29) is 5.91 Å². The van der Waals surface area contributed by atoms with Crippen LogP contribution in [0.3, 0.4) is 0 Å². The first-order chi connectivity index (χ1) is 13.1. The molecule has 0 saturated carbocycles. The number of rotatable bonds is 5. The molecule has 0 aliphatic carbocycles. The number of aromatic nitrogens is 2. The molecule has 1 aliphatic heterocycles. The number of likely N-dealkylation sites (tertiary alicyclic amines) is 1. The van der Waals surface area contributed by atoms with Crippen LogP contribution in [0, 0.1) is 11.6 Å². The van der Waals surface area contributed by atoms with E-state index in [1.807, 2.05) is 6.07 Å². The van der Waals surface area contributed by atoms with Crippen LogP contribution in [0.2, 0.25) is 0 Å². The molecule has 1 saturated heterocycles. The molecule has 3 heterocycles. The van der Waals surface area contributed by atoms with Gasteiger partial charge in [0.25, 0.3) is 5.91 Å². The summed E-state index contributed by atoms with van der Waals surface area (Å²) in [7, 11) is 0. The van der Waals surface area contributed by atoms with Gasteiger partial charge in [0.2, 0.25) is 0 Å². The lowest BCUT2D eigenvalue weighted by Crippen LogP contribution is -2.22. The van der Waals surface area contributed by atoms with E-state index in [2.05, 4.69) is 20.2 Å². The van der Waals surface area contributed by atoms with Gasteiger partial charge < -0.3 is 15.2 Å². The van der Waals surface area contributed by atoms with Gasteiger partial charge in [-0.25, -0.2) is 8.78 Å². The van der Waals surface area contributed by atoms with Crippen molar-refractivity contribution in [2.75, 3.05) is 25.0 Å². The standard InChI is InChI=1S/C20H20F2N4O/c21-16-9-15-18(10-17(16)22)24-12-19(15)25-20(27)13-3-4-14(23-11-13)5-8-26-6-1-2-7-26/h3-4,9-12,24H,1-2,5-8H2,(H,25,27). The summed E-state index contributed by atoms with van der Waals surface area (Å²) in [5.41, 5.74) is 2.17. The number of nitrogens with one attached hydrogen (secondary N) is 2. The SMILES string of the molecule is O=C(Nc1c[nH]c2cc(F)c(F)cc12)c1ccc(CCN2CCCC2)nc1. The van der Waals surface area contributed by atoms with Crippen molar-refractivity contribution in [3.05, 3.63) is 59.6 Å². The number of benzene rings is 1. The smallest absolute Gasteiger partial charge is 0.257 e. The van der Waals surface area contributed by atoms with Gasteiger partial charge in [0.1, 0.15) is 0 Å². The number of H-pyrrole nitrogens is 1. The fourth-order valence-corrected chi connectivity index (χ4v) is 3.40. The molecule has 0 bridgehead atoms. The number of nitrogens with zero attached hydrogens (tertiary/aromatic N) is 2. The maximum atomic E-state index is 13.5. The van der Waals surface area contributed by atoms with E-state index in [0.717, 1.165) is 43.9 Å². The zero-order valence-corrected chi connectivity index (χ0v) is 14.8. The van der Waals surface area contributed by atoms with Gasteiger partial charge in [-0.1, -0.05) is 0 Å². The molecule has 0 unspecified atom stereocenters. The molecule has 2 aromatic heterocycles. The Hall–Kier alpha value is -2.80. The summed E-state index contributed by atoms with van der Waals surface area (Å²) in [6, 6.07) is 5.72. The van der Waals surface area contributed by atoms with Gasteiger partial charge in [0, 0.05) is 42.5 Å². The lowest BCUT2D eigenvalue weighted by Gasteiger charge is -2.13. The van der Waals surface area contributed by atoms with Gasteiger partial charge in [-0.2, -0.15) is 0 Å². The van der Waals surface area contributed by atoms with Crippen molar-refractivity contribution < 1.29 is 13.6 Å². The number of carbonyl (C=O) groups excluding carboxylic acids is 1. The number of hydrogen-bond donors (Lipinski definition) is 2. The summed E-state index contributed by atoms with van der Waals surface area (Å²) in [6.07, 6.45) is 6.44. The van der Waals surface area contributed by atoms with E-state index in [0.29, 0.717) is 22.2 Å². The topological polar surface area (TPSA) is 61.0 Å². The average molecular weight is 370 g/mol. The lowest BCUT2D eigenvalue weighted by atomic mass is 10.2. The van der Waals surface area contributed by atoms with Crippen molar-refractivity contribution in [2.24, 2.45) is 0 Å². The summed E-state index contributed by atoms with van der Waals surface area (Å²) in [5, 5.41) is 3.13. The van der Waals surface area contributed by atoms with Crippen LogP contribution < -0.4 is 5.32 Å². The minimum atomic E-state index is -0.957. The van der Waals surface area contributed by atoms with E-state index in [9.17, 15) is 13.6 Å². The predicted molar refractivity (Wildman–Crippen MR) is 99.8 cm³/mol. The molecule has 27 heavy (non-hydrogen) atoms. The zero-order chi connectivity index (χ0) is 18.8. The van der Waals surface area contributed by atoms with E-state index in [4.69, 9.17) is 0 Å². The molecular weight excluding hydrogens is 350 g/mol. The average Bonchev–Trinajstić information content (AvgIpc) is 3.32. The van der Waals surface area contributed by atoms with Crippen LogP contribution in [0.15, 0.2) is 36.7 Å². The highest BCUT2D eigenvalue weighted by molar-refractivity contribution is 6.08. The van der Waals surface area contributed by atoms with Crippen molar-refractivity contribution in [1.29, 1.82) is 0 Å². The van der Waals surface area contributed by atoms with Crippen LogP contribution in [0.4, 0.5) is 14.5 Å². The largest absolute Gasteiger partial charge is 0.359 e. The maximum Gasteiger partial charge on any atom is 0.257 e. The molecule has 140 valence electrons. The van der Waals surface area contributed by atoms with Crippen molar-refractivity contribution in [1.82, 2.24) is 14.9 Å². The maximum absolute atomic E-state index is 13.5. The summed E-state index contributed by atoms with van der Waals surface area (Å²) in [5.74, 6) is -2.24. The number of hydrogen-bond acceptors (Lipinski definition) is 3. The fraction of sp³-hybridized carbons (Fsp3) is 0.300. The number of carbonyl (C=O) groups is 1. The molecule has 1 amide bonds. The number of pyridine rings is 1. The Morgan fingerprint density at radius 3 is 2.70 bits per heavy atom. The zero-order valence-electron chi connectivity index (χ0n) is 14.8. The molecule has 1 aromatic carbocycles. The first-order valence-corrected chi connectivity index (χ1v) is 9.05. The highest BCUT2D eigenvalue weighted by Crippen LogP contribution is 2.26. The Morgan fingerprint density at radius 1 is 1.19 bits per heavy atom. The first-order valence-electron chi connectivity index (χ1n) is 9.05. The molecule has 0 radical (unpaired) electrons. The molecule has 1 aliphatic rings. The molecule has 7 heteroatoms. The van der Waals surface area contributed by atoms with Crippen molar-refractivity contribution in [3.8, 4) is 0 Å². The Bertz CT molecular complexity index is 962. The molecule has 1 fully saturated rings. The molecule has 0 atom stereocenters. The Kier molecular flexibility index (Phi) is 4.85. The Balaban J connectivity index is 1.43. The first kappa shape index (κ1) is 17.6. The third kappa shape index (κ3) is 3.83. The second-order valence-electron chi connectivity index (χ2n) is 6.81. The van der Waals surface area contributed by atoms with E-state index < -0.39 is 11.6 Å². The summed E-state index contributed by atoms with van der Waals surface area (Å²) >= 11 is 0.